The van der Waals surface area contributed by atoms with Crippen molar-refractivity contribution in [3.8, 4) is 0 Å². The molecule has 1 fully saturated rings. The van der Waals surface area contributed by atoms with Crippen molar-refractivity contribution in [2.75, 3.05) is 12.9 Å². The Morgan fingerprint density at radius 1 is 1.32 bits per heavy atom. The normalized spacial score (nSPS) is 18.0. The molecule has 1 aliphatic carbocycles. The van der Waals surface area contributed by atoms with E-state index in [0.29, 0.717) is 5.56 Å². The maximum Gasteiger partial charge on any atom is 0.252 e. The molecule has 1 aromatic rings. The average molecular weight is 279 g/mol. The van der Waals surface area contributed by atoms with E-state index in [1.165, 1.54) is 6.42 Å². The van der Waals surface area contributed by atoms with Crippen LogP contribution in [0.3, 0.4) is 0 Å². The highest BCUT2D eigenvalue weighted by atomic mass is 32.2. The first-order valence-corrected chi connectivity index (χ1v) is 8.00. The fraction of sp³-hybridized carbons (Fsp3) is 0.533. The Morgan fingerprint density at radius 2 is 2.00 bits per heavy atom. The van der Waals surface area contributed by atoms with Crippen LogP contribution in [0, 0.1) is 0 Å². The maximum absolute atomic E-state index is 12.4. The minimum absolute atomic E-state index is 0.0280. The van der Waals surface area contributed by atoms with Gasteiger partial charge in [-0.15, -0.1) is 11.8 Å². The topological polar surface area (TPSA) is 49.3 Å². The minimum Gasteiger partial charge on any atom is -0.394 e. The van der Waals surface area contributed by atoms with E-state index in [9.17, 15) is 9.90 Å². The van der Waals surface area contributed by atoms with Gasteiger partial charge in [-0.25, -0.2) is 0 Å². The van der Waals surface area contributed by atoms with Gasteiger partial charge in [0, 0.05) is 4.90 Å². The number of benzene rings is 1. The van der Waals surface area contributed by atoms with Gasteiger partial charge in [-0.3, -0.25) is 4.79 Å². The number of hydrogen-bond donors (Lipinski definition) is 2. The molecule has 0 atom stereocenters. The van der Waals surface area contributed by atoms with Crippen LogP contribution in [0.1, 0.15) is 42.5 Å². The van der Waals surface area contributed by atoms with E-state index in [1.807, 2.05) is 30.5 Å². The zero-order chi connectivity index (χ0) is 13.7. The van der Waals surface area contributed by atoms with Gasteiger partial charge >= 0.3 is 0 Å². The smallest absolute Gasteiger partial charge is 0.252 e. The lowest BCUT2D eigenvalue weighted by Gasteiger charge is -2.36. The van der Waals surface area contributed by atoms with Crippen molar-refractivity contribution >= 4 is 17.7 Å². The van der Waals surface area contributed by atoms with Gasteiger partial charge in [-0.05, 0) is 31.2 Å². The minimum atomic E-state index is -0.416. The molecule has 0 bridgehead atoms. The highest BCUT2D eigenvalue weighted by Crippen LogP contribution is 2.29. The largest absolute Gasteiger partial charge is 0.394 e. The summed E-state index contributed by atoms with van der Waals surface area (Å²) < 4.78 is 0. The van der Waals surface area contributed by atoms with Crippen molar-refractivity contribution in [2.24, 2.45) is 0 Å². The molecule has 19 heavy (non-hydrogen) atoms. The van der Waals surface area contributed by atoms with E-state index in [2.05, 4.69) is 5.32 Å². The van der Waals surface area contributed by atoms with Gasteiger partial charge in [0.25, 0.3) is 5.91 Å². The molecule has 4 heteroatoms. The predicted octanol–water partition coefficient (Wildman–Crippen LogP) is 2.83. The third-order valence-electron chi connectivity index (χ3n) is 3.84. The quantitative estimate of drug-likeness (QED) is 0.833. The number of rotatable bonds is 4. The lowest BCUT2D eigenvalue weighted by atomic mass is 9.82. The van der Waals surface area contributed by atoms with Crippen molar-refractivity contribution in [1.29, 1.82) is 0 Å². The Hall–Kier alpha value is -1.00. The number of aliphatic hydroxyl groups excluding tert-OH is 1. The molecule has 3 nitrogen and oxygen atoms in total. The van der Waals surface area contributed by atoms with E-state index in [4.69, 9.17) is 0 Å². The molecule has 2 rings (SSSR count). The molecule has 1 amide bonds. The number of carbonyl (C=O) groups excluding carboxylic acids is 1. The monoisotopic (exact) mass is 279 g/mol. The lowest BCUT2D eigenvalue weighted by Crippen LogP contribution is -2.52. The first-order chi connectivity index (χ1) is 9.21. The highest BCUT2D eigenvalue weighted by Gasteiger charge is 2.33. The Labute approximate surface area is 118 Å². The molecular weight excluding hydrogens is 258 g/mol. The molecule has 0 heterocycles. The van der Waals surface area contributed by atoms with Crippen LogP contribution >= 0.6 is 11.8 Å². The molecular formula is C15H21NO2S. The molecule has 0 spiro atoms. The molecule has 2 N–H and O–H groups in total. The van der Waals surface area contributed by atoms with E-state index >= 15 is 0 Å². The molecule has 0 aromatic heterocycles. The number of carbonyl (C=O) groups is 1. The van der Waals surface area contributed by atoms with Gasteiger partial charge < -0.3 is 10.4 Å². The summed E-state index contributed by atoms with van der Waals surface area (Å²) in [5.74, 6) is -0.0686. The van der Waals surface area contributed by atoms with Crippen LogP contribution in [-0.2, 0) is 0 Å². The molecule has 104 valence electrons. The number of hydrogen-bond acceptors (Lipinski definition) is 3. The summed E-state index contributed by atoms with van der Waals surface area (Å²) in [4.78, 5) is 13.4. The molecule has 1 aliphatic rings. The molecule has 0 unspecified atom stereocenters. The van der Waals surface area contributed by atoms with Crippen molar-refractivity contribution in [2.45, 2.75) is 42.5 Å². The Balaban J connectivity index is 2.15. The van der Waals surface area contributed by atoms with E-state index in [0.717, 1.165) is 30.6 Å². The van der Waals surface area contributed by atoms with Crippen LogP contribution in [-0.4, -0.2) is 29.4 Å². The highest BCUT2D eigenvalue weighted by molar-refractivity contribution is 7.98. The van der Waals surface area contributed by atoms with Gasteiger partial charge in [-0.1, -0.05) is 31.4 Å². The van der Waals surface area contributed by atoms with Gasteiger partial charge in [0.15, 0.2) is 0 Å². The summed E-state index contributed by atoms with van der Waals surface area (Å²) in [5, 5.41) is 12.7. The predicted molar refractivity (Wildman–Crippen MR) is 78.6 cm³/mol. The van der Waals surface area contributed by atoms with Crippen LogP contribution in [0.15, 0.2) is 29.2 Å². The van der Waals surface area contributed by atoms with Crippen LogP contribution in [0.4, 0.5) is 0 Å². The summed E-state index contributed by atoms with van der Waals surface area (Å²) in [6.45, 7) is 0.0280. The van der Waals surface area contributed by atoms with Crippen molar-refractivity contribution in [1.82, 2.24) is 5.32 Å². The van der Waals surface area contributed by atoms with E-state index in [-0.39, 0.29) is 12.5 Å². The maximum atomic E-state index is 12.4. The fourth-order valence-electron chi connectivity index (χ4n) is 2.69. The van der Waals surface area contributed by atoms with Gasteiger partial charge in [0.2, 0.25) is 0 Å². The summed E-state index contributed by atoms with van der Waals surface area (Å²) in [5.41, 5.74) is 0.286. The first kappa shape index (κ1) is 14.4. The average Bonchev–Trinajstić information content (AvgIpc) is 2.48. The first-order valence-electron chi connectivity index (χ1n) is 6.77. The second kappa shape index (κ2) is 6.44. The number of amides is 1. The molecule has 1 saturated carbocycles. The van der Waals surface area contributed by atoms with Crippen LogP contribution in [0.5, 0.6) is 0 Å². The Bertz CT molecular complexity index is 442. The molecule has 0 saturated heterocycles. The molecule has 1 aromatic carbocycles. The van der Waals surface area contributed by atoms with Gasteiger partial charge in [0.05, 0.1) is 17.7 Å². The number of thioether (sulfide) groups is 1. The van der Waals surface area contributed by atoms with Gasteiger partial charge in [-0.2, -0.15) is 0 Å². The fourth-order valence-corrected chi connectivity index (χ4v) is 3.29. The summed E-state index contributed by atoms with van der Waals surface area (Å²) in [6.07, 6.45) is 7.05. The van der Waals surface area contributed by atoms with Crippen molar-refractivity contribution in [3.05, 3.63) is 29.8 Å². The van der Waals surface area contributed by atoms with Crippen LogP contribution in [0.25, 0.3) is 0 Å². The zero-order valence-electron chi connectivity index (χ0n) is 11.3. The molecule has 0 aliphatic heterocycles. The second-order valence-electron chi connectivity index (χ2n) is 5.15. The van der Waals surface area contributed by atoms with E-state index < -0.39 is 5.54 Å². The second-order valence-corrected chi connectivity index (χ2v) is 6.00. The lowest BCUT2D eigenvalue weighted by molar-refractivity contribution is 0.0756. The zero-order valence-corrected chi connectivity index (χ0v) is 12.1. The van der Waals surface area contributed by atoms with Crippen LogP contribution < -0.4 is 5.32 Å². The standard InChI is InChI=1S/C15H21NO2S/c1-19-13-8-4-3-7-12(13)14(18)16-15(11-17)9-5-2-6-10-15/h3-4,7-8,17H,2,5-6,9-11H2,1H3,(H,16,18). The summed E-state index contributed by atoms with van der Waals surface area (Å²) in [6, 6.07) is 7.60. The number of nitrogens with one attached hydrogen (secondary N) is 1. The Morgan fingerprint density at radius 3 is 2.63 bits per heavy atom. The van der Waals surface area contributed by atoms with Gasteiger partial charge in [0.1, 0.15) is 0 Å². The van der Waals surface area contributed by atoms with Crippen molar-refractivity contribution < 1.29 is 9.90 Å². The Kier molecular flexibility index (Phi) is 4.88. The third kappa shape index (κ3) is 3.31. The number of aliphatic hydroxyl groups is 1. The summed E-state index contributed by atoms with van der Waals surface area (Å²) in [7, 11) is 0. The third-order valence-corrected chi connectivity index (χ3v) is 4.64. The summed E-state index contributed by atoms with van der Waals surface area (Å²) >= 11 is 1.57. The van der Waals surface area contributed by atoms with Crippen LogP contribution in [0.2, 0.25) is 0 Å². The van der Waals surface area contributed by atoms with Crippen molar-refractivity contribution in [3.63, 3.8) is 0 Å². The van der Waals surface area contributed by atoms with E-state index in [1.54, 1.807) is 11.8 Å². The molecule has 0 radical (unpaired) electrons. The SMILES string of the molecule is CSc1ccccc1C(=O)NC1(CO)CCCCC1.